The van der Waals surface area contributed by atoms with Gasteiger partial charge in [0.2, 0.25) is 0 Å². The van der Waals surface area contributed by atoms with Crippen molar-refractivity contribution in [2.24, 2.45) is 0 Å². The van der Waals surface area contributed by atoms with Gasteiger partial charge in [-0.2, -0.15) is 0 Å². The molecule has 1 aromatic heterocycles. The highest BCUT2D eigenvalue weighted by molar-refractivity contribution is 5.25. The molecule has 0 aliphatic carbocycles. The highest BCUT2D eigenvalue weighted by Gasteiger charge is 2.15. The van der Waals surface area contributed by atoms with Crippen LogP contribution in [0.1, 0.15) is 43.4 Å². The summed E-state index contributed by atoms with van der Waals surface area (Å²) in [5.41, 5.74) is 2.46. The normalized spacial score (nSPS) is 12.8. The van der Waals surface area contributed by atoms with Gasteiger partial charge >= 0.3 is 0 Å². The summed E-state index contributed by atoms with van der Waals surface area (Å²) in [6.07, 6.45) is 0.966. The summed E-state index contributed by atoms with van der Waals surface area (Å²) in [7, 11) is 0. The third-order valence-corrected chi connectivity index (χ3v) is 2.46. The second-order valence-electron chi connectivity index (χ2n) is 4.14. The standard InChI is InChI=1S/C13H21NO/c1-6-14-13(7-9(2)3)12-8-10(4)15-11(12)5/h8,13-14H,2,6-7H2,1,3-5H3. The van der Waals surface area contributed by atoms with Gasteiger partial charge in [0.1, 0.15) is 11.5 Å². The van der Waals surface area contributed by atoms with Gasteiger partial charge < -0.3 is 9.73 Å². The Labute approximate surface area is 92.4 Å². The minimum Gasteiger partial charge on any atom is -0.466 e. The lowest BCUT2D eigenvalue weighted by molar-refractivity contribution is 0.484. The molecule has 2 heteroatoms. The minimum absolute atomic E-state index is 0.338. The molecular weight excluding hydrogens is 186 g/mol. The minimum atomic E-state index is 0.338. The Morgan fingerprint density at radius 2 is 2.20 bits per heavy atom. The molecule has 0 radical (unpaired) electrons. The highest BCUT2D eigenvalue weighted by Crippen LogP contribution is 2.26. The van der Waals surface area contributed by atoms with E-state index in [2.05, 4.69) is 31.8 Å². The van der Waals surface area contributed by atoms with Gasteiger partial charge in [0.25, 0.3) is 0 Å². The Morgan fingerprint density at radius 1 is 1.53 bits per heavy atom. The van der Waals surface area contributed by atoms with E-state index in [1.54, 1.807) is 0 Å². The smallest absolute Gasteiger partial charge is 0.105 e. The van der Waals surface area contributed by atoms with Crippen LogP contribution in [0.2, 0.25) is 0 Å². The number of aryl methyl sites for hydroxylation is 2. The van der Waals surface area contributed by atoms with Crippen LogP contribution in [0.25, 0.3) is 0 Å². The zero-order valence-electron chi connectivity index (χ0n) is 10.2. The lowest BCUT2D eigenvalue weighted by Gasteiger charge is -2.17. The molecule has 84 valence electrons. The maximum atomic E-state index is 5.55. The van der Waals surface area contributed by atoms with Gasteiger partial charge in [0, 0.05) is 11.6 Å². The maximum absolute atomic E-state index is 5.55. The van der Waals surface area contributed by atoms with E-state index in [4.69, 9.17) is 4.42 Å². The molecule has 1 atom stereocenters. The molecule has 2 nitrogen and oxygen atoms in total. The maximum Gasteiger partial charge on any atom is 0.105 e. The van der Waals surface area contributed by atoms with E-state index in [0.717, 1.165) is 24.5 Å². The van der Waals surface area contributed by atoms with Crippen molar-refractivity contribution in [1.29, 1.82) is 0 Å². The number of hydrogen-bond donors (Lipinski definition) is 1. The van der Waals surface area contributed by atoms with Crippen molar-refractivity contribution in [1.82, 2.24) is 5.32 Å². The topological polar surface area (TPSA) is 25.2 Å². The molecule has 1 N–H and O–H groups in total. The second kappa shape index (κ2) is 5.17. The molecule has 0 aliphatic heterocycles. The Hall–Kier alpha value is -1.02. The summed E-state index contributed by atoms with van der Waals surface area (Å²) in [6.45, 7) is 13.1. The predicted octanol–water partition coefficient (Wildman–Crippen LogP) is 3.51. The summed E-state index contributed by atoms with van der Waals surface area (Å²) >= 11 is 0. The summed E-state index contributed by atoms with van der Waals surface area (Å²) < 4.78 is 5.55. The first-order valence-corrected chi connectivity index (χ1v) is 5.49. The van der Waals surface area contributed by atoms with Crippen molar-refractivity contribution in [2.75, 3.05) is 6.54 Å². The van der Waals surface area contributed by atoms with Crippen LogP contribution in [0, 0.1) is 13.8 Å². The SMILES string of the molecule is C=C(C)CC(NCC)c1cc(C)oc1C. The first-order chi connectivity index (χ1) is 7.04. The lowest BCUT2D eigenvalue weighted by atomic mass is 10.0. The van der Waals surface area contributed by atoms with Gasteiger partial charge in [0.05, 0.1) is 0 Å². The molecule has 0 saturated heterocycles. The summed E-state index contributed by atoms with van der Waals surface area (Å²) in [4.78, 5) is 0. The van der Waals surface area contributed by atoms with E-state index in [9.17, 15) is 0 Å². The van der Waals surface area contributed by atoms with Gasteiger partial charge in [-0.05, 0) is 39.8 Å². The van der Waals surface area contributed by atoms with Crippen LogP contribution in [-0.2, 0) is 0 Å². The van der Waals surface area contributed by atoms with Gasteiger partial charge in [-0.1, -0.05) is 12.5 Å². The van der Waals surface area contributed by atoms with Crippen LogP contribution in [0.4, 0.5) is 0 Å². The van der Waals surface area contributed by atoms with Gasteiger partial charge in [0.15, 0.2) is 0 Å². The number of hydrogen-bond acceptors (Lipinski definition) is 2. The third-order valence-electron chi connectivity index (χ3n) is 2.46. The summed E-state index contributed by atoms with van der Waals surface area (Å²) in [5.74, 6) is 1.99. The molecule has 0 bridgehead atoms. The van der Waals surface area contributed by atoms with Crippen molar-refractivity contribution >= 4 is 0 Å². The molecule has 0 saturated carbocycles. The molecule has 0 spiro atoms. The number of nitrogens with one attached hydrogen (secondary N) is 1. The quantitative estimate of drug-likeness (QED) is 0.747. The van der Waals surface area contributed by atoms with E-state index >= 15 is 0 Å². The molecule has 1 rings (SSSR count). The van der Waals surface area contributed by atoms with Crippen LogP contribution < -0.4 is 5.32 Å². The van der Waals surface area contributed by atoms with E-state index in [1.807, 2.05) is 13.8 Å². The molecular formula is C13H21NO. The molecule has 0 aliphatic rings. The van der Waals surface area contributed by atoms with Gasteiger partial charge in [-0.25, -0.2) is 0 Å². The lowest BCUT2D eigenvalue weighted by Crippen LogP contribution is -2.21. The van der Waals surface area contributed by atoms with Crippen molar-refractivity contribution in [2.45, 2.75) is 40.2 Å². The molecule has 0 amide bonds. The fraction of sp³-hybridized carbons (Fsp3) is 0.538. The molecule has 1 unspecified atom stereocenters. The Kier molecular flexibility index (Phi) is 4.15. The average molecular weight is 207 g/mol. The van der Waals surface area contributed by atoms with Crippen LogP contribution in [0.5, 0.6) is 0 Å². The predicted molar refractivity (Wildman–Crippen MR) is 64.0 cm³/mol. The van der Waals surface area contributed by atoms with Crippen LogP contribution in [0.3, 0.4) is 0 Å². The number of rotatable bonds is 5. The van der Waals surface area contributed by atoms with Crippen molar-refractivity contribution < 1.29 is 4.42 Å². The first-order valence-electron chi connectivity index (χ1n) is 5.49. The zero-order valence-corrected chi connectivity index (χ0v) is 10.2. The van der Waals surface area contributed by atoms with Crippen molar-refractivity contribution in [3.63, 3.8) is 0 Å². The number of furan rings is 1. The zero-order chi connectivity index (χ0) is 11.4. The molecule has 0 fully saturated rings. The van der Waals surface area contributed by atoms with Crippen molar-refractivity contribution in [3.05, 3.63) is 35.3 Å². The van der Waals surface area contributed by atoms with E-state index in [-0.39, 0.29) is 0 Å². The van der Waals surface area contributed by atoms with Gasteiger partial charge in [-0.15, -0.1) is 6.58 Å². The van der Waals surface area contributed by atoms with E-state index < -0.39 is 0 Å². The Morgan fingerprint density at radius 3 is 2.60 bits per heavy atom. The van der Waals surface area contributed by atoms with Crippen LogP contribution in [-0.4, -0.2) is 6.54 Å². The van der Waals surface area contributed by atoms with Gasteiger partial charge in [-0.3, -0.25) is 0 Å². The summed E-state index contributed by atoms with van der Waals surface area (Å²) in [5, 5.41) is 3.46. The first kappa shape index (κ1) is 12.1. The monoisotopic (exact) mass is 207 g/mol. The molecule has 15 heavy (non-hydrogen) atoms. The second-order valence-corrected chi connectivity index (χ2v) is 4.14. The van der Waals surface area contributed by atoms with Crippen molar-refractivity contribution in [3.8, 4) is 0 Å². The Balaban J connectivity index is 2.87. The largest absolute Gasteiger partial charge is 0.466 e. The fourth-order valence-corrected chi connectivity index (χ4v) is 1.88. The van der Waals surface area contributed by atoms with Crippen LogP contribution in [0.15, 0.2) is 22.6 Å². The van der Waals surface area contributed by atoms with Crippen LogP contribution >= 0.6 is 0 Å². The molecule has 1 heterocycles. The third kappa shape index (κ3) is 3.24. The Bertz CT molecular complexity index is 338. The molecule has 0 aromatic carbocycles. The molecule has 1 aromatic rings. The highest BCUT2D eigenvalue weighted by atomic mass is 16.3. The average Bonchev–Trinajstić information content (AvgIpc) is 2.44. The van der Waals surface area contributed by atoms with E-state index in [0.29, 0.717) is 6.04 Å². The fourth-order valence-electron chi connectivity index (χ4n) is 1.88. The van der Waals surface area contributed by atoms with E-state index in [1.165, 1.54) is 11.1 Å². The summed E-state index contributed by atoms with van der Waals surface area (Å²) in [6, 6.07) is 2.45.